The van der Waals surface area contributed by atoms with Crippen LogP contribution in [0.15, 0.2) is 0 Å². The number of esters is 1. The van der Waals surface area contributed by atoms with Crippen LogP contribution in [0.5, 0.6) is 0 Å². The molecule has 7 nitrogen and oxygen atoms in total. The summed E-state index contributed by atoms with van der Waals surface area (Å²) in [6, 6.07) is 0. The molecular formula is C28H58NO6P. The molecule has 1 N–H and O–H groups in total. The molecule has 0 aliphatic heterocycles. The SMILES string of the molecule is CCCCCCCCCCCCCCCCCOCC(COP(=O)(O)CCN(C)C)OC(=O)CCC. The van der Waals surface area contributed by atoms with Gasteiger partial charge in [-0.25, -0.2) is 0 Å². The molecular weight excluding hydrogens is 477 g/mol. The molecule has 0 saturated heterocycles. The first kappa shape index (κ1) is 35.5. The molecule has 36 heavy (non-hydrogen) atoms. The van der Waals surface area contributed by atoms with Gasteiger partial charge < -0.3 is 23.8 Å². The summed E-state index contributed by atoms with van der Waals surface area (Å²) in [6.45, 7) is 5.27. The van der Waals surface area contributed by atoms with Crippen LogP contribution >= 0.6 is 7.60 Å². The lowest BCUT2D eigenvalue weighted by atomic mass is 10.0. The molecule has 0 spiro atoms. The molecule has 0 heterocycles. The van der Waals surface area contributed by atoms with Crippen molar-refractivity contribution in [2.24, 2.45) is 0 Å². The third-order valence-corrected chi connectivity index (χ3v) is 7.56. The van der Waals surface area contributed by atoms with Gasteiger partial charge in [0.05, 0.1) is 19.4 Å². The zero-order valence-electron chi connectivity index (χ0n) is 24.0. The fourth-order valence-electron chi connectivity index (χ4n) is 3.95. The van der Waals surface area contributed by atoms with E-state index >= 15 is 0 Å². The predicted octanol–water partition coefficient (Wildman–Crippen LogP) is 7.35. The number of nitrogens with zero attached hydrogens (tertiary/aromatic N) is 1. The minimum atomic E-state index is -3.72. The van der Waals surface area contributed by atoms with E-state index < -0.39 is 13.7 Å². The highest BCUT2D eigenvalue weighted by Gasteiger charge is 2.24. The summed E-state index contributed by atoms with van der Waals surface area (Å²) in [4.78, 5) is 23.7. The lowest BCUT2D eigenvalue weighted by molar-refractivity contribution is -0.154. The Morgan fingerprint density at radius 3 is 1.75 bits per heavy atom. The number of hydrogen-bond donors (Lipinski definition) is 1. The topological polar surface area (TPSA) is 85.3 Å². The quantitative estimate of drug-likeness (QED) is 0.0668. The number of rotatable bonds is 27. The Bertz CT molecular complexity index is 546. The van der Waals surface area contributed by atoms with Crippen molar-refractivity contribution in [3.8, 4) is 0 Å². The van der Waals surface area contributed by atoms with Gasteiger partial charge in [0, 0.05) is 19.6 Å². The minimum absolute atomic E-state index is 0.0373. The second kappa shape index (κ2) is 24.9. The van der Waals surface area contributed by atoms with E-state index in [4.69, 9.17) is 14.0 Å². The highest BCUT2D eigenvalue weighted by molar-refractivity contribution is 7.52. The fourth-order valence-corrected chi connectivity index (χ4v) is 5.13. The smallest absolute Gasteiger partial charge is 0.329 e. The average Bonchev–Trinajstić information content (AvgIpc) is 2.83. The molecule has 216 valence electrons. The predicted molar refractivity (Wildman–Crippen MR) is 150 cm³/mol. The molecule has 8 heteroatoms. The molecule has 2 unspecified atom stereocenters. The molecule has 0 saturated carbocycles. The van der Waals surface area contributed by atoms with E-state index in [1.807, 2.05) is 25.9 Å². The van der Waals surface area contributed by atoms with Crippen LogP contribution in [0.2, 0.25) is 0 Å². The van der Waals surface area contributed by atoms with Gasteiger partial charge in [0.15, 0.2) is 0 Å². The normalized spacial score (nSPS) is 14.2. The second-order valence-corrected chi connectivity index (χ2v) is 12.3. The molecule has 0 aromatic rings. The maximum atomic E-state index is 12.2. The highest BCUT2D eigenvalue weighted by atomic mass is 31.2. The summed E-state index contributed by atoms with van der Waals surface area (Å²) < 4.78 is 28.5. The lowest BCUT2D eigenvalue weighted by Crippen LogP contribution is -2.29. The van der Waals surface area contributed by atoms with E-state index in [9.17, 15) is 14.3 Å². The average molecular weight is 536 g/mol. The van der Waals surface area contributed by atoms with Crippen molar-refractivity contribution in [3.63, 3.8) is 0 Å². The van der Waals surface area contributed by atoms with Crippen LogP contribution in [0.4, 0.5) is 0 Å². The summed E-state index contributed by atoms with van der Waals surface area (Å²) in [5, 5.41) is 0. The Hall–Kier alpha value is -0.460. The van der Waals surface area contributed by atoms with Gasteiger partial charge in [-0.1, -0.05) is 104 Å². The van der Waals surface area contributed by atoms with Gasteiger partial charge >= 0.3 is 13.6 Å². The Morgan fingerprint density at radius 2 is 1.28 bits per heavy atom. The molecule has 0 aliphatic rings. The van der Waals surface area contributed by atoms with Crippen LogP contribution in [0.25, 0.3) is 0 Å². The zero-order chi connectivity index (χ0) is 26.9. The number of carbonyl (C=O) groups excluding carboxylic acids is 1. The van der Waals surface area contributed by atoms with Crippen molar-refractivity contribution >= 4 is 13.6 Å². The van der Waals surface area contributed by atoms with Gasteiger partial charge in [0.25, 0.3) is 0 Å². The van der Waals surface area contributed by atoms with Crippen molar-refractivity contribution in [2.75, 3.05) is 46.6 Å². The molecule has 0 aliphatic carbocycles. The van der Waals surface area contributed by atoms with E-state index in [-0.39, 0.29) is 25.3 Å². The van der Waals surface area contributed by atoms with Crippen LogP contribution in [-0.4, -0.2) is 68.5 Å². The molecule has 0 aromatic carbocycles. The molecule has 0 rings (SSSR count). The van der Waals surface area contributed by atoms with Gasteiger partial charge in [-0.05, 0) is 26.9 Å². The summed E-state index contributed by atoms with van der Waals surface area (Å²) in [5.74, 6) is -0.331. The third kappa shape index (κ3) is 25.2. The first-order chi connectivity index (χ1) is 17.3. The first-order valence-corrected chi connectivity index (χ1v) is 16.4. The first-order valence-electron chi connectivity index (χ1n) is 14.7. The number of carbonyl (C=O) groups is 1. The third-order valence-electron chi connectivity index (χ3n) is 6.24. The zero-order valence-corrected chi connectivity index (χ0v) is 24.9. The van der Waals surface area contributed by atoms with E-state index in [1.54, 1.807) is 0 Å². The number of hydrogen-bond acceptors (Lipinski definition) is 6. The van der Waals surface area contributed by atoms with Gasteiger partial charge in [0.2, 0.25) is 0 Å². The molecule has 2 atom stereocenters. The van der Waals surface area contributed by atoms with Crippen LogP contribution in [-0.2, 0) is 23.4 Å². The standard InChI is InChI=1S/C28H58NO6P/c1-5-7-8-9-10-11-12-13-14-15-16-17-18-19-20-23-33-25-27(35-28(30)21-6-2)26-34-36(31,32)24-22-29(3)4/h27H,5-26H2,1-4H3,(H,31,32). The molecule has 0 fully saturated rings. The van der Waals surface area contributed by atoms with Crippen LogP contribution in [0.1, 0.15) is 123 Å². The Morgan fingerprint density at radius 1 is 0.778 bits per heavy atom. The highest BCUT2D eigenvalue weighted by Crippen LogP contribution is 2.41. The summed E-state index contributed by atoms with van der Waals surface area (Å²) >= 11 is 0. The fraction of sp³-hybridized carbons (Fsp3) is 0.964. The van der Waals surface area contributed by atoms with Crippen LogP contribution in [0.3, 0.4) is 0 Å². The van der Waals surface area contributed by atoms with Gasteiger partial charge in [0.1, 0.15) is 6.10 Å². The van der Waals surface area contributed by atoms with E-state index in [2.05, 4.69) is 6.92 Å². The van der Waals surface area contributed by atoms with Crippen molar-refractivity contribution < 1.29 is 28.3 Å². The summed E-state index contributed by atoms with van der Waals surface area (Å²) in [7, 11) is -0.0559. The molecule has 0 amide bonds. The monoisotopic (exact) mass is 535 g/mol. The van der Waals surface area contributed by atoms with Crippen LogP contribution < -0.4 is 0 Å². The molecule has 0 bridgehead atoms. The molecule has 0 aromatic heterocycles. The molecule has 0 radical (unpaired) electrons. The van der Waals surface area contributed by atoms with Gasteiger partial charge in [-0.2, -0.15) is 0 Å². The lowest BCUT2D eigenvalue weighted by Gasteiger charge is -2.21. The Kier molecular flexibility index (Phi) is 24.5. The minimum Gasteiger partial charge on any atom is -0.457 e. The maximum absolute atomic E-state index is 12.2. The van der Waals surface area contributed by atoms with Crippen molar-refractivity contribution in [3.05, 3.63) is 0 Å². The summed E-state index contributed by atoms with van der Waals surface area (Å²) in [5.41, 5.74) is 0. The summed E-state index contributed by atoms with van der Waals surface area (Å²) in [6.07, 6.45) is 20.1. The van der Waals surface area contributed by atoms with Crippen LogP contribution in [0, 0.1) is 0 Å². The van der Waals surface area contributed by atoms with E-state index in [0.717, 1.165) is 12.8 Å². The second-order valence-electron chi connectivity index (χ2n) is 10.3. The number of unbranched alkanes of at least 4 members (excludes halogenated alkanes) is 14. The van der Waals surface area contributed by atoms with Gasteiger partial charge in [-0.3, -0.25) is 9.36 Å². The Balaban J connectivity index is 3.83. The number of ether oxygens (including phenoxy) is 2. The van der Waals surface area contributed by atoms with Crippen molar-refractivity contribution in [2.45, 2.75) is 129 Å². The van der Waals surface area contributed by atoms with E-state index in [1.165, 1.54) is 83.5 Å². The largest absolute Gasteiger partial charge is 0.457 e. The van der Waals surface area contributed by atoms with Crippen molar-refractivity contribution in [1.82, 2.24) is 4.90 Å². The van der Waals surface area contributed by atoms with Crippen molar-refractivity contribution in [1.29, 1.82) is 0 Å². The Labute approximate surface area is 222 Å². The maximum Gasteiger partial charge on any atom is 0.329 e. The van der Waals surface area contributed by atoms with E-state index in [0.29, 0.717) is 26.0 Å². The van der Waals surface area contributed by atoms with Gasteiger partial charge in [-0.15, -0.1) is 0 Å².